The van der Waals surface area contributed by atoms with Gasteiger partial charge in [0, 0.05) is 11.8 Å². The number of hydrogen-bond donors (Lipinski definition) is 0. The minimum absolute atomic E-state index is 0.478. The summed E-state index contributed by atoms with van der Waals surface area (Å²) in [6.07, 6.45) is 17.1. The van der Waals surface area contributed by atoms with E-state index >= 15 is 0 Å². The minimum Gasteiger partial charge on any atom is -0.102 e. The standard InChI is InChI=1S/C12H12/c1-2-10-7-5-8-11-6-3-4-9-12(10)11/h2-10,12H,1H2. The number of rotatable bonds is 1. The molecule has 0 amide bonds. The number of allylic oxidation sites excluding steroid dienone is 9. The second-order valence-electron chi connectivity index (χ2n) is 3.13. The predicted molar refractivity (Wildman–Crippen MR) is 52.7 cm³/mol. The van der Waals surface area contributed by atoms with E-state index in [2.05, 4.69) is 49.1 Å². The monoisotopic (exact) mass is 156 g/mol. The molecule has 0 nitrogen and oxygen atoms in total. The molecule has 2 atom stereocenters. The molecule has 2 rings (SSSR count). The predicted octanol–water partition coefficient (Wildman–Crippen LogP) is 3.03. The second-order valence-corrected chi connectivity index (χ2v) is 3.13. The van der Waals surface area contributed by atoms with Crippen LogP contribution in [0.1, 0.15) is 0 Å². The first-order chi connectivity index (χ1) is 5.92. The van der Waals surface area contributed by atoms with E-state index in [1.807, 2.05) is 6.08 Å². The van der Waals surface area contributed by atoms with Crippen LogP contribution < -0.4 is 0 Å². The Bertz CT molecular complexity index is 300. The van der Waals surface area contributed by atoms with Crippen molar-refractivity contribution in [3.05, 3.63) is 60.8 Å². The zero-order valence-corrected chi connectivity index (χ0v) is 6.98. The first kappa shape index (κ1) is 7.35. The van der Waals surface area contributed by atoms with Gasteiger partial charge in [0.15, 0.2) is 0 Å². The molecule has 0 heterocycles. The van der Waals surface area contributed by atoms with Crippen molar-refractivity contribution in [2.75, 3.05) is 0 Å². The molecule has 2 unspecified atom stereocenters. The summed E-state index contributed by atoms with van der Waals surface area (Å²) in [5, 5.41) is 0. The number of fused-ring (bicyclic) bond motifs is 1. The summed E-state index contributed by atoms with van der Waals surface area (Å²) in [5.74, 6) is 1.00. The lowest BCUT2D eigenvalue weighted by Gasteiger charge is -2.24. The van der Waals surface area contributed by atoms with Gasteiger partial charge in [0.1, 0.15) is 0 Å². The van der Waals surface area contributed by atoms with Gasteiger partial charge in [0.2, 0.25) is 0 Å². The van der Waals surface area contributed by atoms with Gasteiger partial charge in [0.05, 0.1) is 0 Å². The molecular formula is C12H12. The van der Waals surface area contributed by atoms with Gasteiger partial charge in [-0.05, 0) is 5.57 Å². The van der Waals surface area contributed by atoms with Gasteiger partial charge in [0.25, 0.3) is 0 Å². The van der Waals surface area contributed by atoms with Crippen LogP contribution in [0, 0.1) is 11.8 Å². The maximum atomic E-state index is 3.84. The third-order valence-corrected chi connectivity index (χ3v) is 2.41. The van der Waals surface area contributed by atoms with Crippen molar-refractivity contribution in [1.82, 2.24) is 0 Å². The molecule has 2 aliphatic rings. The Hall–Kier alpha value is -1.30. The van der Waals surface area contributed by atoms with Crippen LogP contribution >= 0.6 is 0 Å². The summed E-state index contributed by atoms with van der Waals surface area (Å²) in [6.45, 7) is 3.84. The Kier molecular flexibility index (Phi) is 1.83. The lowest BCUT2D eigenvalue weighted by Crippen LogP contribution is -2.13. The van der Waals surface area contributed by atoms with E-state index in [4.69, 9.17) is 0 Å². The van der Waals surface area contributed by atoms with Crippen molar-refractivity contribution < 1.29 is 0 Å². The molecule has 0 aliphatic heterocycles. The van der Waals surface area contributed by atoms with Crippen molar-refractivity contribution in [2.24, 2.45) is 11.8 Å². The van der Waals surface area contributed by atoms with Crippen LogP contribution in [0.15, 0.2) is 60.8 Å². The van der Waals surface area contributed by atoms with Crippen LogP contribution in [0.2, 0.25) is 0 Å². The summed E-state index contributed by atoms with van der Waals surface area (Å²) < 4.78 is 0. The minimum atomic E-state index is 0.478. The van der Waals surface area contributed by atoms with E-state index in [-0.39, 0.29) is 0 Å². The third kappa shape index (κ3) is 1.10. The molecule has 0 saturated carbocycles. The normalized spacial score (nSPS) is 31.2. The van der Waals surface area contributed by atoms with Gasteiger partial charge in [-0.25, -0.2) is 0 Å². The highest BCUT2D eigenvalue weighted by molar-refractivity contribution is 5.40. The fraction of sp³-hybridized carbons (Fsp3) is 0.167. The zero-order valence-electron chi connectivity index (χ0n) is 6.98. The van der Waals surface area contributed by atoms with Crippen molar-refractivity contribution >= 4 is 0 Å². The van der Waals surface area contributed by atoms with Gasteiger partial charge >= 0.3 is 0 Å². The van der Waals surface area contributed by atoms with E-state index in [0.717, 1.165) is 0 Å². The van der Waals surface area contributed by atoms with Crippen molar-refractivity contribution in [1.29, 1.82) is 0 Å². The molecule has 0 aromatic heterocycles. The third-order valence-electron chi connectivity index (χ3n) is 2.41. The molecule has 12 heavy (non-hydrogen) atoms. The second kappa shape index (κ2) is 2.98. The van der Waals surface area contributed by atoms with Crippen molar-refractivity contribution in [3.63, 3.8) is 0 Å². The number of hydrogen-bond acceptors (Lipinski definition) is 0. The highest BCUT2D eigenvalue weighted by atomic mass is 14.2. The van der Waals surface area contributed by atoms with E-state index in [9.17, 15) is 0 Å². The Morgan fingerprint density at radius 2 is 2.08 bits per heavy atom. The molecule has 0 radical (unpaired) electrons. The van der Waals surface area contributed by atoms with Gasteiger partial charge in [-0.2, -0.15) is 0 Å². The summed E-state index contributed by atoms with van der Waals surface area (Å²) in [7, 11) is 0. The molecule has 0 heteroatoms. The van der Waals surface area contributed by atoms with E-state index in [1.165, 1.54) is 5.57 Å². The average Bonchev–Trinajstić information content (AvgIpc) is 2.17. The summed E-state index contributed by atoms with van der Waals surface area (Å²) >= 11 is 0. The fourth-order valence-electron chi connectivity index (χ4n) is 1.73. The Morgan fingerprint density at radius 3 is 2.92 bits per heavy atom. The maximum absolute atomic E-state index is 3.84. The van der Waals surface area contributed by atoms with Gasteiger partial charge in [-0.3, -0.25) is 0 Å². The lowest BCUT2D eigenvalue weighted by atomic mass is 9.80. The smallest absolute Gasteiger partial charge is 0.0119 e. The van der Waals surface area contributed by atoms with Gasteiger partial charge < -0.3 is 0 Å². The summed E-state index contributed by atoms with van der Waals surface area (Å²) in [5.41, 5.74) is 1.39. The van der Waals surface area contributed by atoms with Crippen molar-refractivity contribution in [2.45, 2.75) is 0 Å². The Labute approximate surface area is 73.3 Å². The first-order valence-corrected chi connectivity index (χ1v) is 4.27. The molecule has 60 valence electrons. The van der Waals surface area contributed by atoms with Gasteiger partial charge in [-0.15, -0.1) is 6.58 Å². The molecule has 0 N–H and O–H groups in total. The Morgan fingerprint density at radius 1 is 1.17 bits per heavy atom. The topological polar surface area (TPSA) is 0 Å². The van der Waals surface area contributed by atoms with E-state index in [0.29, 0.717) is 11.8 Å². The van der Waals surface area contributed by atoms with Crippen LogP contribution in [-0.2, 0) is 0 Å². The molecule has 0 saturated heterocycles. The fourth-order valence-corrected chi connectivity index (χ4v) is 1.73. The zero-order chi connectivity index (χ0) is 8.39. The van der Waals surface area contributed by atoms with E-state index < -0.39 is 0 Å². The Balaban J connectivity index is 2.34. The molecule has 0 aromatic carbocycles. The van der Waals surface area contributed by atoms with Gasteiger partial charge in [-0.1, -0.05) is 48.6 Å². The SMILES string of the molecule is C=CC1C=CC=C2C=CC=CC21. The van der Waals surface area contributed by atoms with Crippen LogP contribution in [0.25, 0.3) is 0 Å². The van der Waals surface area contributed by atoms with E-state index in [1.54, 1.807) is 0 Å². The summed E-state index contributed by atoms with van der Waals surface area (Å²) in [6, 6.07) is 0. The summed E-state index contributed by atoms with van der Waals surface area (Å²) in [4.78, 5) is 0. The lowest BCUT2D eigenvalue weighted by molar-refractivity contribution is 0.641. The largest absolute Gasteiger partial charge is 0.102 e. The van der Waals surface area contributed by atoms with Crippen LogP contribution in [-0.4, -0.2) is 0 Å². The molecular weight excluding hydrogens is 144 g/mol. The van der Waals surface area contributed by atoms with Crippen molar-refractivity contribution in [3.8, 4) is 0 Å². The molecule has 0 spiro atoms. The van der Waals surface area contributed by atoms with Crippen LogP contribution in [0.3, 0.4) is 0 Å². The first-order valence-electron chi connectivity index (χ1n) is 4.27. The van der Waals surface area contributed by atoms with Crippen LogP contribution in [0.4, 0.5) is 0 Å². The maximum Gasteiger partial charge on any atom is 0.0119 e. The molecule has 0 aromatic rings. The molecule has 0 fully saturated rings. The highest BCUT2D eigenvalue weighted by Gasteiger charge is 2.19. The average molecular weight is 156 g/mol. The molecule has 0 bridgehead atoms. The van der Waals surface area contributed by atoms with Crippen LogP contribution in [0.5, 0.6) is 0 Å². The quantitative estimate of drug-likeness (QED) is 0.512. The molecule has 2 aliphatic carbocycles. The highest BCUT2D eigenvalue weighted by Crippen LogP contribution is 2.31.